The van der Waals surface area contributed by atoms with Gasteiger partial charge in [-0.2, -0.15) is 23.4 Å². The van der Waals surface area contributed by atoms with Crippen LogP contribution in [0.4, 0.5) is 18.9 Å². The van der Waals surface area contributed by atoms with Gasteiger partial charge in [0.1, 0.15) is 12.7 Å². The van der Waals surface area contributed by atoms with Gasteiger partial charge in [-0.1, -0.05) is 0 Å². The van der Waals surface area contributed by atoms with Gasteiger partial charge in [0, 0.05) is 11.3 Å². The highest BCUT2D eigenvalue weighted by atomic mass is 19.4. The van der Waals surface area contributed by atoms with E-state index in [9.17, 15) is 18.0 Å². The van der Waals surface area contributed by atoms with Crippen molar-refractivity contribution in [1.82, 2.24) is 24.5 Å². The van der Waals surface area contributed by atoms with E-state index in [1.807, 2.05) is 19.9 Å². The van der Waals surface area contributed by atoms with Crippen molar-refractivity contribution < 1.29 is 18.0 Å². The van der Waals surface area contributed by atoms with E-state index < -0.39 is 17.6 Å². The van der Waals surface area contributed by atoms with Gasteiger partial charge in [-0.25, -0.2) is 14.3 Å². The molecule has 4 aromatic rings. The first-order valence-corrected chi connectivity index (χ1v) is 9.24. The number of hydrogen-bond acceptors (Lipinski definition) is 4. The molecule has 0 saturated carbocycles. The Bertz CT molecular complexity index is 1230. The van der Waals surface area contributed by atoms with Crippen LogP contribution in [-0.2, 0) is 6.18 Å². The second-order valence-corrected chi connectivity index (χ2v) is 6.91. The number of hydrogen-bond donors (Lipinski definition) is 1. The molecule has 0 aliphatic heterocycles. The van der Waals surface area contributed by atoms with Crippen molar-refractivity contribution in [3.05, 3.63) is 83.7 Å². The highest BCUT2D eigenvalue weighted by molar-refractivity contribution is 6.05. The van der Waals surface area contributed by atoms with Gasteiger partial charge in [-0.05, 0) is 62.4 Å². The van der Waals surface area contributed by atoms with Crippen molar-refractivity contribution in [2.45, 2.75) is 20.0 Å². The summed E-state index contributed by atoms with van der Waals surface area (Å²) < 4.78 is 42.6. The number of rotatable bonds is 4. The summed E-state index contributed by atoms with van der Waals surface area (Å²) in [4.78, 5) is 16.6. The molecule has 0 atom stereocenters. The molecule has 0 bridgehead atoms. The minimum atomic E-state index is -4.55. The number of aromatic nitrogens is 5. The molecule has 0 aliphatic carbocycles. The van der Waals surface area contributed by atoms with Crippen LogP contribution < -0.4 is 5.32 Å². The van der Waals surface area contributed by atoms with Gasteiger partial charge in [0.05, 0.1) is 28.3 Å². The van der Waals surface area contributed by atoms with E-state index in [0.29, 0.717) is 0 Å². The van der Waals surface area contributed by atoms with Crippen LogP contribution in [0, 0.1) is 13.8 Å². The summed E-state index contributed by atoms with van der Waals surface area (Å²) in [6.45, 7) is 3.80. The Labute approximate surface area is 175 Å². The maximum atomic E-state index is 13.2. The molecule has 2 aromatic heterocycles. The molecule has 1 amide bonds. The van der Waals surface area contributed by atoms with E-state index in [0.717, 1.165) is 29.2 Å². The Kier molecular flexibility index (Phi) is 5.05. The lowest BCUT2D eigenvalue weighted by Crippen LogP contribution is -2.16. The highest BCUT2D eigenvalue weighted by Crippen LogP contribution is 2.33. The van der Waals surface area contributed by atoms with Crippen molar-refractivity contribution in [2.24, 2.45) is 0 Å². The minimum absolute atomic E-state index is 0.0343. The predicted molar refractivity (Wildman–Crippen MR) is 107 cm³/mol. The lowest BCUT2D eigenvalue weighted by Gasteiger charge is -2.14. The molecule has 0 aliphatic rings. The lowest BCUT2D eigenvalue weighted by atomic mass is 10.1. The Balaban J connectivity index is 1.64. The summed E-state index contributed by atoms with van der Waals surface area (Å²) >= 11 is 0. The third-order valence-corrected chi connectivity index (χ3v) is 4.62. The molecule has 0 radical (unpaired) electrons. The third kappa shape index (κ3) is 4.18. The molecule has 1 N–H and O–H groups in total. The normalized spacial score (nSPS) is 11.5. The number of aryl methyl sites for hydroxylation is 2. The fourth-order valence-corrected chi connectivity index (χ4v) is 3.18. The summed E-state index contributed by atoms with van der Waals surface area (Å²) in [5.41, 5.74) is 2.20. The van der Waals surface area contributed by atoms with Gasteiger partial charge >= 0.3 is 6.18 Å². The SMILES string of the molecule is Cc1cc(C)n(-c2ccc(C(=O)Nc3cc(C(F)(F)F)ccc3-n3cncn3)cc2)n1. The summed E-state index contributed by atoms with van der Waals surface area (Å²) in [7, 11) is 0. The average molecular weight is 426 g/mol. The largest absolute Gasteiger partial charge is 0.416 e. The van der Waals surface area contributed by atoms with Crippen molar-refractivity contribution >= 4 is 11.6 Å². The van der Waals surface area contributed by atoms with E-state index in [4.69, 9.17) is 0 Å². The van der Waals surface area contributed by atoms with Gasteiger partial charge in [-0.15, -0.1) is 0 Å². The van der Waals surface area contributed by atoms with Gasteiger partial charge in [0.2, 0.25) is 0 Å². The molecule has 0 spiro atoms. The van der Waals surface area contributed by atoms with Crippen LogP contribution >= 0.6 is 0 Å². The van der Waals surface area contributed by atoms with Crippen molar-refractivity contribution in [3.63, 3.8) is 0 Å². The smallest absolute Gasteiger partial charge is 0.320 e. The Hall–Kier alpha value is -3.95. The van der Waals surface area contributed by atoms with Crippen LogP contribution in [-0.4, -0.2) is 30.5 Å². The van der Waals surface area contributed by atoms with E-state index in [1.165, 1.54) is 23.4 Å². The fourth-order valence-electron chi connectivity index (χ4n) is 3.18. The summed E-state index contributed by atoms with van der Waals surface area (Å²) in [6.07, 6.45) is -1.97. The van der Waals surface area contributed by atoms with Gasteiger partial charge in [0.15, 0.2) is 0 Å². The maximum Gasteiger partial charge on any atom is 0.416 e. The number of halogens is 3. The van der Waals surface area contributed by atoms with Crippen molar-refractivity contribution in [1.29, 1.82) is 0 Å². The quantitative estimate of drug-likeness (QED) is 0.527. The molecule has 0 unspecified atom stereocenters. The number of benzene rings is 2. The first-order chi connectivity index (χ1) is 14.7. The molecular weight excluding hydrogens is 409 g/mol. The topological polar surface area (TPSA) is 77.6 Å². The zero-order valence-electron chi connectivity index (χ0n) is 16.6. The van der Waals surface area contributed by atoms with Crippen LogP contribution in [0.15, 0.2) is 61.2 Å². The molecule has 7 nitrogen and oxygen atoms in total. The van der Waals surface area contributed by atoms with Crippen LogP contribution in [0.1, 0.15) is 27.3 Å². The Morgan fingerprint density at radius 1 is 1.03 bits per heavy atom. The van der Waals surface area contributed by atoms with E-state index in [-0.39, 0.29) is 16.9 Å². The molecule has 0 saturated heterocycles. The van der Waals surface area contributed by atoms with Gasteiger partial charge < -0.3 is 5.32 Å². The molecule has 2 aromatic carbocycles. The number of alkyl halides is 3. The molecule has 31 heavy (non-hydrogen) atoms. The molecule has 4 rings (SSSR count). The zero-order chi connectivity index (χ0) is 22.2. The average Bonchev–Trinajstić information content (AvgIpc) is 3.37. The lowest BCUT2D eigenvalue weighted by molar-refractivity contribution is -0.137. The molecule has 10 heteroatoms. The maximum absolute atomic E-state index is 13.2. The highest BCUT2D eigenvalue weighted by Gasteiger charge is 2.31. The molecule has 0 fully saturated rings. The second kappa shape index (κ2) is 7.71. The van der Waals surface area contributed by atoms with Crippen molar-refractivity contribution in [3.8, 4) is 11.4 Å². The standard InChI is InChI=1S/C21H17F3N6O/c1-13-9-14(2)30(28-13)17-6-3-15(4-7-17)20(31)27-18-10-16(21(22,23)24)5-8-19(18)29-12-25-11-26-29/h3-12H,1-2H3,(H,27,31). The molecule has 158 valence electrons. The predicted octanol–water partition coefficient (Wildman–Crippen LogP) is 4.34. The fraction of sp³-hybridized carbons (Fsp3) is 0.143. The van der Waals surface area contributed by atoms with Gasteiger partial charge in [-0.3, -0.25) is 4.79 Å². The molecule has 2 heterocycles. The summed E-state index contributed by atoms with van der Waals surface area (Å²) in [5, 5.41) is 10.9. The summed E-state index contributed by atoms with van der Waals surface area (Å²) in [5.74, 6) is -0.555. The van der Waals surface area contributed by atoms with E-state index in [2.05, 4.69) is 20.5 Å². The van der Waals surface area contributed by atoms with Crippen LogP contribution in [0.25, 0.3) is 11.4 Å². The Morgan fingerprint density at radius 2 is 1.77 bits per heavy atom. The van der Waals surface area contributed by atoms with Crippen molar-refractivity contribution in [2.75, 3.05) is 5.32 Å². The number of carbonyl (C=O) groups excluding carboxylic acids is 1. The Morgan fingerprint density at radius 3 is 2.35 bits per heavy atom. The summed E-state index contributed by atoms with van der Waals surface area (Å²) in [6, 6.07) is 11.6. The van der Waals surface area contributed by atoms with E-state index >= 15 is 0 Å². The number of nitrogens with one attached hydrogen (secondary N) is 1. The minimum Gasteiger partial charge on any atom is -0.320 e. The number of amides is 1. The number of nitrogens with zero attached hydrogens (tertiary/aromatic N) is 5. The number of anilines is 1. The van der Waals surface area contributed by atoms with E-state index in [1.54, 1.807) is 28.9 Å². The van der Waals surface area contributed by atoms with Crippen LogP contribution in [0.3, 0.4) is 0 Å². The van der Waals surface area contributed by atoms with Crippen LogP contribution in [0.5, 0.6) is 0 Å². The van der Waals surface area contributed by atoms with Crippen LogP contribution in [0.2, 0.25) is 0 Å². The first kappa shape index (κ1) is 20.3. The zero-order valence-corrected chi connectivity index (χ0v) is 16.6. The monoisotopic (exact) mass is 426 g/mol. The first-order valence-electron chi connectivity index (χ1n) is 9.24. The third-order valence-electron chi connectivity index (χ3n) is 4.62. The number of carbonyl (C=O) groups is 1. The second-order valence-electron chi connectivity index (χ2n) is 6.91. The van der Waals surface area contributed by atoms with Gasteiger partial charge in [0.25, 0.3) is 5.91 Å². The molecular formula is C21H17F3N6O.